The van der Waals surface area contributed by atoms with Crippen molar-refractivity contribution in [1.82, 2.24) is 4.98 Å². The zero-order valence-corrected chi connectivity index (χ0v) is 7.11. The molecule has 2 nitrogen and oxygen atoms in total. The standard InChI is InChI=1S/C8H7ClN2/c1-5-3-7(4-10)8(9)11-6(5)2/h3H,1-2H3. The fourth-order valence-corrected chi connectivity index (χ4v) is 0.978. The van der Waals surface area contributed by atoms with Gasteiger partial charge in [0.1, 0.15) is 11.2 Å². The molecule has 0 fully saturated rings. The molecule has 0 atom stereocenters. The first-order valence-electron chi connectivity index (χ1n) is 3.19. The van der Waals surface area contributed by atoms with Crippen molar-refractivity contribution in [1.29, 1.82) is 5.26 Å². The summed E-state index contributed by atoms with van der Waals surface area (Å²) in [5.41, 5.74) is 2.30. The van der Waals surface area contributed by atoms with Crippen LogP contribution in [0.25, 0.3) is 0 Å². The van der Waals surface area contributed by atoms with Gasteiger partial charge in [-0.25, -0.2) is 4.98 Å². The van der Waals surface area contributed by atoms with Crippen LogP contribution < -0.4 is 0 Å². The summed E-state index contributed by atoms with van der Waals surface area (Å²) in [4.78, 5) is 3.99. The highest BCUT2D eigenvalue weighted by Crippen LogP contribution is 2.15. The molecule has 0 aliphatic rings. The molecule has 1 heterocycles. The van der Waals surface area contributed by atoms with E-state index in [0.29, 0.717) is 5.56 Å². The van der Waals surface area contributed by atoms with E-state index in [0.717, 1.165) is 11.3 Å². The van der Waals surface area contributed by atoms with Gasteiger partial charge in [-0.05, 0) is 25.5 Å². The number of aryl methyl sites for hydroxylation is 2. The van der Waals surface area contributed by atoms with E-state index in [1.54, 1.807) is 6.07 Å². The van der Waals surface area contributed by atoms with Crippen LogP contribution >= 0.6 is 11.6 Å². The van der Waals surface area contributed by atoms with Crippen LogP contribution in [0.4, 0.5) is 0 Å². The molecule has 0 amide bonds. The minimum atomic E-state index is 0.288. The van der Waals surface area contributed by atoms with Crippen molar-refractivity contribution in [2.24, 2.45) is 0 Å². The maximum Gasteiger partial charge on any atom is 0.147 e. The van der Waals surface area contributed by atoms with Gasteiger partial charge in [0.15, 0.2) is 0 Å². The largest absolute Gasteiger partial charge is 0.240 e. The molecule has 0 spiro atoms. The highest BCUT2D eigenvalue weighted by atomic mass is 35.5. The van der Waals surface area contributed by atoms with Gasteiger partial charge in [-0.3, -0.25) is 0 Å². The number of halogens is 1. The lowest BCUT2D eigenvalue weighted by molar-refractivity contribution is 1.14. The van der Waals surface area contributed by atoms with Crippen LogP contribution in [0.5, 0.6) is 0 Å². The maximum atomic E-state index is 8.56. The minimum Gasteiger partial charge on any atom is -0.240 e. The summed E-state index contributed by atoms with van der Waals surface area (Å²) < 4.78 is 0. The smallest absolute Gasteiger partial charge is 0.147 e. The van der Waals surface area contributed by atoms with Crippen molar-refractivity contribution in [3.63, 3.8) is 0 Å². The number of hydrogen-bond acceptors (Lipinski definition) is 2. The normalized spacial score (nSPS) is 9.27. The zero-order chi connectivity index (χ0) is 8.43. The zero-order valence-electron chi connectivity index (χ0n) is 6.35. The predicted molar refractivity (Wildman–Crippen MR) is 43.4 cm³/mol. The summed E-state index contributed by atoms with van der Waals surface area (Å²) in [5.74, 6) is 0. The van der Waals surface area contributed by atoms with Crippen LogP contribution in [0, 0.1) is 25.2 Å². The number of hydrogen-bond donors (Lipinski definition) is 0. The fraction of sp³-hybridized carbons (Fsp3) is 0.250. The van der Waals surface area contributed by atoms with Crippen LogP contribution in [-0.4, -0.2) is 4.98 Å². The van der Waals surface area contributed by atoms with Crippen LogP contribution in [0.15, 0.2) is 6.07 Å². The second-order valence-corrected chi connectivity index (χ2v) is 2.70. The Morgan fingerprint density at radius 3 is 2.73 bits per heavy atom. The topological polar surface area (TPSA) is 36.7 Å². The van der Waals surface area contributed by atoms with E-state index in [4.69, 9.17) is 16.9 Å². The molecule has 11 heavy (non-hydrogen) atoms. The third-order valence-corrected chi connectivity index (χ3v) is 1.83. The highest BCUT2D eigenvalue weighted by Gasteiger charge is 2.02. The molecule has 0 saturated carbocycles. The third-order valence-electron chi connectivity index (χ3n) is 1.54. The summed E-state index contributed by atoms with van der Waals surface area (Å²) >= 11 is 5.67. The second-order valence-electron chi connectivity index (χ2n) is 2.34. The molecule has 0 bridgehead atoms. The number of nitriles is 1. The van der Waals surface area contributed by atoms with E-state index in [9.17, 15) is 0 Å². The monoisotopic (exact) mass is 166 g/mol. The molecule has 1 rings (SSSR count). The Bertz CT molecular complexity index is 326. The fourth-order valence-electron chi connectivity index (χ4n) is 0.755. The lowest BCUT2D eigenvalue weighted by Crippen LogP contribution is -1.90. The van der Waals surface area contributed by atoms with Crippen molar-refractivity contribution in [3.8, 4) is 6.07 Å². The molecule has 0 aromatic carbocycles. The van der Waals surface area contributed by atoms with Gasteiger partial charge >= 0.3 is 0 Å². The molecule has 1 aromatic heterocycles. The predicted octanol–water partition coefficient (Wildman–Crippen LogP) is 2.22. The quantitative estimate of drug-likeness (QED) is 0.555. The molecule has 0 aliphatic carbocycles. The molecular weight excluding hydrogens is 160 g/mol. The number of nitrogens with zero attached hydrogens (tertiary/aromatic N) is 2. The molecular formula is C8H7ClN2. The van der Waals surface area contributed by atoms with Gasteiger partial charge in [0.25, 0.3) is 0 Å². The number of rotatable bonds is 0. The van der Waals surface area contributed by atoms with E-state index >= 15 is 0 Å². The average molecular weight is 167 g/mol. The molecule has 0 aliphatic heterocycles. The van der Waals surface area contributed by atoms with Gasteiger partial charge in [0.2, 0.25) is 0 Å². The first kappa shape index (κ1) is 8.03. The highest BCUT2D eigenvalue weighted by molar-refractivity contribution is 6.30. The van der Waals surface area contributed by atoms with Crippen molar-refractivity contribution in [2.75, 3.05) is 0 Å². The van der Waals surface area contributed by atoms with Crippen LogP contribution in [-0.2, 0) is 0 Å². The molecule has 0 saturated heterocycles. The Kier molecular flexibility index (Phi) is 2.11. The number of aromatic nitrogens is 1. The minimum absolute atomic E-state index is 0.288. The Morgan fingerprint density at radius 1 is 1.55 bits per heavy atom. The van der Waals surface area contributed by atoms with E-state index in [-0.39, 0.29) is 5.15 Å². The van der Waals surface area contributed by atoms with Gasteiger partial charge in [0.05, 0.1) is 5.56 Å². The Labute approximate surface area is 70.4 Å². The maximum absolute atomic E-state index is 8.56. The molecule has 56 valence electrons. The first-order chi connectivity index (χ1) is 5.15. The first-order valence-corrected chi connectivity index (χ1v) is 3.57. The van der Waals surface area contributed by atoms with Crippen LogP contribution in [0.1, 0.15) is 16.8 Å². The third kappa shape index (κ3) is 1.50. The molecule has 3 heteroatoms. The summed E-state index contributed by atoms with van der Waals surface area (Å²) in [5, 5.41) is 8.85. The van der Waals surface area contributed by atoms with Crippen molar-refractivity contribution < 1.29 is 0 Å². The van der Waals surface area contributed by atoms with Gasteiger partial charge in [0, 0.05) is 5.69 Å². The van der Waals surface area contributed by atoms with Gasteiger partial charge < -0.3 is 0 Å². The summed E-state index contributed by atoms with van der Waals surface area (Å²) in [6, 6.07) is 3.71. The SMILES string of the molecule is Cc1cc(C#N)c(Cl)nc1C. The van der Waals surface area contributed by atoms with Gasteiger partial charge in [-0.1, -0.05) is 11.6 Å². The van der Waals surface area contributed by atoms with E-state index in [2.05, 4.69) is 4.98 Å². The Morgan fingerprint density at radius 2 is 2.18 bits per heavy atom. The van der Waals surface area contributed by atoms with Gasteiger partial charge in [-0.15, -0.1) is 0 Å². The van der Waals surface area contributed by atoms with Crippen molar-refractivity contribution >= 4 is 11.6 Å². The molecule has 0 unspecified atom stereocenters. The van der Waals surface area contributed by atoms with Crippen molar-refractivity contribution in [2.45, 2.75) is 13.8 Å². The van der Waals surface area contributed by atoms with Gasteiger partial charge in [-0.2, -0.15) is 5.26 Å². The van der Waals surface area contributed by atoms with Crippen LogP contribution in [0.3, 0.4) is 0 Å². The van der Waals surface area contributed by atoms with E-state index in [1.165, 1.54) is 0 Å². The molecule has 1 aromatic rings. The molecule has 0 radical (unpaired) electrons. The molecule has 0 N–H and O–H groups in total. The average Bonchev–Trinajstić information content (AvgIpc) is 1.97. The Hall–Kier alpha value is -1.07. The lowest BCUT2D eigenvalue weighted by Gasteiger charge is -1.99. The summed E-state index contributed by atoms with van der Waals surface area (Å²) in [6.07, 6.45) is 0. The summed E-state index contributed by atoms with van der Waals surface area (Å²) in [6.45, 7) is 3.77. The Balaban J connectivity index is 3.35. The summed E-state index contributed by atoms with van der Waals surface area (Å²) in [7, 11) is 0. The van der Waals surface area contributed by atoms with E-state index in [1.807, 2.05) is 19.9 Å². The second kappa shape index (κ2) is 2.89. The van der Waals surface area contributed by atoms with E-state index < -0.39 is 0 Å². The van der Waals surface area contributed by atoms with Crippen LogP contribution in [0.2, 0.25) is 5.15 Å². The lowest BCUT2D eigenvalue weighted by atomic mass is 10.2. The van der Waals surface area contributed by atoms with Crippen molar-refractivity contribution in [3.05, 3.63) is 28.0 Å². The number of pyridine rings is 1.